The standard InChI is InChI=1S/C23H28N2O2.ClH/c1-3-16-8-10-17(11-9-16)22(26)25-20-18-6-4-5-7-19(18)23(21(20)27-2)12-14-24-15-13-23;/h4-11,20-21,24H,3,12-15H2,1-2H3,(H,25,26);1H/t20-,21+;/m1./s1. The van der Waals surface area contributed by atoms with Crippen LogP contribution in [0.5, 0.6) is 0 Å². The van der Waals surface area contributed by atoms with Gasteiger partial charge in [0.1, 0.15) is 0 Å². The Hall–Kier alpha value is -1.88. The highest BCUT2D eigenvalue weighted by atomic mass is 35.5. The minimum absolute atomic E-state index is 0. The Morgan fingerprint density at radius 2 is 1.82 bits per heavy atom. The van der Waals surface area contributed by atoms with Gasteiger partial charge in [-0.15, -0.1) is 12.4 Å². The van der Waals surface area contributed by atoms with Gasteiger partial charge < -0.3 is 15.4 Å². The molecule has 0 aromatic heterocycles. The molecule has 1 aliphatic heterocycles. The van der Waals surface area contributed by atoms with Crippen molar-refractivity contribution in [2.45, 2.75) is 43.7 Å². The van der Waals surface area contributed by atoms with Gasteiger partial charge in [0.2, 0.25) is 0 Å². The lowest BCUT2D eigenvalue weighted by Gasteiger charge is -2.40. The van der Waals surface area contributed by atoms with E-state index in [0.29, 0.717) is 5.56 Å². The summed E-state index contributed by atoms with van der Waals surface area (Å²) in [7, 11) is 1.77. The third-order valence-corrected chi connectivity index (χ3v) is 6.34. The zero-order valence-corrected chi connectivity index (χ0v) is 17.4. The molecule has 2 aromatic rings. The van der Waals surface area contributed by atoms with Crippen molar-refractivity contribution in [3.05, 3.63) is 70.8 Å². The van der Waals surface area contributed by atoms with Crippen molar-refractivity contribution in [1.29, 1.82) is 0 Å². The number of aryl methyl sites for hydroxylation is 1. The molecule has 5 heteroatoms. The molecule has 2 N–H and O–H groups in total. The molecule has 4 nitrogen and oxygen atoms in total. The van der Waals surface area contributed by atoms with Crippen LogP contribution in [0, 0.1) is 0 Å². The fourth-order valence-electron chi connectivity index (χ4n) is 4.92. The third kappa shape index (κ3) is 3.45. The Morgan fingerprint density at radius 3 is 2.46 bits per heavy atom. The first-order valence-electron chi connectivity index (χ1n) is 9.92. The molecule has 1 saturated heterocycles. The summed E-state index contributed by atoms with van der Waals surface area (Å²) >= 11 is 0. The predicted molar refractivity (Wildman–Crippen MR) is 114 cm³/mol. The van der Waals surface area contributed by atoms with Gasteiger partial charge in [-0.1, -0.05) is 43.3 Å². The van der Waals surface area contributed by atoms with Crippen LogP contribution in [0.2, 0.25) is 0 Å². The number of halogens is 1. The number of amides is 1. The van der Waals surface area contributed by atoms with Crippen LogP contribution in [0.1, 0.15) is 52.9 Å². The monoisotopic (exact) mass is 400 g/mol. The van der Waals surface area contributed by atoms with Gasteiger partial charge in [-0.3, -0.25) is 4.79 Å². The minimum Gasteiger partial charge on any atom is -0.378 e. The maximum atomic E-state index is 13.0. The van der Waals surface area contributed by atoms with Crippen molar-refractivity contribution in [2.24, 2.45) is 0 Å². The van der Waals surface area contributed by atoms with Gasteiger partial charge in [0.15, 0.2) is 0 Å². The topological polar surface area (TPSA) is 50.4 Å². The molecule has 4 rings (SSSR count). The highest BCUT2D eigenvalue weighted by Crippen LogP contribution is 2.51. The average Bonchev–Trinajstić information content (AvgIpc) is 2.97. The molecule has 0 bridgehead atoms. The molecule has 1 amide bonds. The van der Waals surface area contributed by atoms with Crippen molar-refractivity contribution < 1.29 is 9.53 Å². The van der Waals surface area contributed by atoms with E-state index in [1.54, 1.807) is 7.11 Å². The molecule has 2 aliphatic rings. The molecule has 1 heterocycles. The van der Waals surface area contributed by atoms with E-state index in [-0.39, 0.29) is 35.9 Å². The Kier molecular flexibility index (Phi) is 6.43. The predicted octanol–water partition coefficient (Wildman–Crippen LogP) is 3.79. The number of carbonyl (C=O) groups excluding carboxylic acids is 1. The summed E-state index contributed by atoms with van der Waals surface area (Å²) in [6.07, 6.45) is 2.98. The van der Waals surface area contributed by atoms with Crippen LogP contribution in [0.3, 0.4) is 0 Å². The Bertz CT molecular complexity index is 816. The number of nitrogens with one attached hydrogen (secondary N) is 2. The number of fused-ring (bicyclic) bond motifs is 2. The molecule has 0 unspecified atom stereocenters. The summed E-state index contributed by atoms with van der Waals surface area (Å²) in [6.45, 7) is 4.08. The van der Waals surface area contributed by atoms with E-state index in [9.17, 15) is 4.79 Å². The van der Waals surface area contributed by atoms with Crippen LogP contribution < -0.4 is 10.6 Å². The third-order valence-electron chi connectivity index (χ3n) is 6.34. The molecule has 0 radical (unpaired) electrons. The normalized spacial score (nSPS) is 22.4. The van der Waals surface area contributed by atoms with E-state index in [4.69, 9.17) is 4.74 Å². The van der Waals surface area contributed by atoms with Gasteiger partial charge in [0.05, 0.1) is 12.1 Å². The van der Waals surface area contributed by atoms with Crippen molar-refractivity contribution in [3.63, 3.8) is 0 Å². The lowest BCUT2D eigenvalue weighted by Crippen LogP contribution is -2.49. The lowest BCUT2D eigenvalue weighted by molar-refractivity contribution is 0.00397. The molecule has 28 heavy (non-hydrogen) atoms. The van der Waals surface area contributed by atoms with Crippen LogP contribution in [-0.4, -0.2) is 32.2 Å². The number of hydrogen-bond acceptors (Lipinski definition) is 3. The highest BCUT2D eigenvalue weighted by Gasteiger charge is 2.53. The largest absolute Gasteiger partial charge is 0.378 e. The van der Waals surface area contributed by atoms with Crippen LogP contribution in [0.4, 0.5) is 0 Å². The maximum absolute atomic E-state index is 13.0. The van der Waals surface area contributed by atoms with Gasteiger partial charge in [0.25, 0.3) is 5.91 Å². The lowest BCUT2D eigenvalue weighted by atomic mass is 9.72. The fraction of sp³-hybridized carbons (Fsp3) is 0.435. The molecular weight excluding hydrogens is 372 g/mol. The van der Waals surface area contributed by atoms with E-state index >= 15 is 0 Å². The number of hydrogen-bond donors (Lipinski definition) is 2. The summed E-state index contributed by atoms with van der Waals surface area (Å²) in [5.41, 5.74) is 4.45. The van der Waals surface area contributed by atoms with Crippen LogP contribution in [0.15, 0.2) is 48.5 Å². The second-order valence-corrected chi connectivity index (χ2v) is 7.65. The van der Waals surface area contributed by atoms with Crippen LogP contribution in [-0.2, 0) is 16.6 Å². The van der Waals surface area contributed by atoms with E-state index < -0.39 is 0 Å². The van der Waals surface area contributed by atoms with Gasteiger partial charge in [-0.05, 0) is 61.2 Å². The first-order chi connectivity index (χ1) is 13.2. The molecular formula is C23H29ClN2O2. The van der Waals surface area contributed by atoms with Gasteiger partial charge in [0, 0.05) is 18.1 Å². The quantitative estimate of drug-likeness (QED) is 0.820. The zero-order valence-electron chi connectivity index (χ0n) is 16.5. The minimum atomic E-state index is -0.123. The van der Waals surface area contributed by atoms with E-state index in [0.717, 1.165) is 32.4 Å². The first-order valence-corrected chi connectivity index (χ1v) is 9.92. The Labute approximate surface area is 173 Å². The average molecular weight is 401 g/mol. The summed E-state index contributed by atoms with van der Waals surface area (Å²) in [5, 5.41) is 6.74. The second kappa shape index (κ2) is 8.64. The van der Waals surface area contributed by atoms with E-state index in [1.165, 1.54) is 16.7 Å². The first kappa shape index (κ1) is 20.8. The Balaban J connectivity index is 0.00000225. The summed E-state index contributed by atoms with van der Waals surface area (Å²) < 4.78 is 6.03. The highest BCUT2D eigenvalue weighted by molar-refractivity contribution is 5.94. The number of ether oxygens (including phenoxy) is 1. The van der Waals surface area contributed by atoms with Gasteiger partial charge in [-0.25, -0.2) is 0 Å². The summed E-state index contributed by atoms with van der Waals surface area (Å²) in [5.74, 6) is -0.0366. The van der Waals surface area contributed by atoms with Crippen LogP contribution >= 0.6 is 12.4 Å². The van der Waals surface area contributed by atoms with Crippen molar-refractivity contribution in [2.75, 3.05) is 20.2 Å². The van der Waals surface area contributed by atoms with Crippen molar-refractivity contribution >= 4 is 18.3 Å². The second-order valence-electron chi connectivity index (χ2n) is 7.65. The fourth-order valence-corrected chi connectivity index (χ4v) is 4.92. The smallest absolute Gasteiger partial charge is 0.251 e. The number of carbonyl (C=O) groups is 1. The molecule has 1 spiro atoms. The van der Waals surface area contributed by atoms with E-state index in [1.807, 2.05) is 24.3 Å². The van der Waals surface area contributed by atoms with Crippen molar-refractivity contribution in [1.82, 2.24) is 10.6 Å². The molecule has 0 saturated carbocycles. The molecule has 150 valence electrons. The zero-order chi connectivity index (χ0) is 18.9. The summed E-state index contributed by atoms with van der Waals surface area (Å²) in [6, 6.07) is 16.3. The van der Waals surface area contributed by atoms with E-state index in [2.05, 4.69) is 41.8 Å². The number of benzene rings is 2. The summed E-state index contributed by atoms with van der Waals surface area (Å²) in [4.78, 5) is 13.0. The van der Waals surface area contributed by atoms with Gasteiger partial charge >= 0.3 is 0 Å². The number of piperidine rings is 1. The molecule has 1 aliphatic carbocycles. The molecule has 2 aromatic carbocycles. The Morgan fingerprint density at radius 1 is 1.14 bits per heavy atom. The number of rotatable bonds is 4. The molecule has 1 fully saturated rings. The molecule has 2 atom stereocenters. The maximum Gasteiger partial charge on any atom is 0.251 e. The van der Waals surface area contributed by atoms with Crippen LogP contribution in [0.25, 0.3) is 0 Å². The van der Waals surface area contributed by atoms with Crippen molar-refractivity contribution in [3.8, 4) is 0 Å². The number of methoxy groups -OCH3 is 1. The SMILES string of the molecule is CCc1ccc(C(=O)N[C@@H]2c3ccccc3C3(CCNCC3)[C@H]2OC)cc1.Cl. The van der Waals surface area contributed by atoms with Gasteiger partial charge in [-0.2, -0.15) is 0 Å².